The SMILES string of the molecule is CCN(CC)c1ccc(CN(C[C@H]2CCCO2)C(=O)c2ccccc2F)c(OS(C)(=O)=O)c1. The Hall–Kier alpha value is -2.65. The van der Waals surface area contributed by atoms with Gasteiger partial charge in [0.15, 0.2) is 0 Å². The van der Waals surface area contributed by atoms with E-state index >= 15 is 0 Å². The van der Waals surface area contributed by atoms with Crippen molar-refractivity contribution in [2.75, 3.05) is 37.4 Å². The summed E-state index contributed by atoms with van der Waals surface area (Å²) in [7, 11) is -3.80. The fourth-order valence-electron chi connectivity index (χ4n) is 3.96. The van der Waals surface area contributed by atoms with Crippen LogP contribution in [0.25, 0.3) is 0 Å². The Morgan fingerprint density at radius 1 is 1.18 bits per heavy atom. The Morgan fingerprint density at radius 3 is 2.52 bits per heavy atom. The average Bonchev–Trinajstić information content (AvgIpc) is 3.27. The second-order valence-electron chi connectivity index (χ2n) is 8.05. The van der Waals surface area contributed by atoms with Crippen LogP contribution in [0, 0.1) is 5.82 Å². The number of anilines is 1. The molecule has 1 atom stereocenters. The Morgan fingerprint density at radius 2 is 1.91 bits per heavy atom. The van der Waals surface area contributed by atoms with Crippen LogP contribution in [0.5, 0.6) is 5.75 Å². The van der Waals surface area contributed by atoms with E-state index in [2.05, 4.69) is 4.90 Å². The molecule has 180 valence electrons. The van der Waals surface area contributed by atoms with E-state index in [1.807, 2.05) is 19.9 Å². The first-order valence-corrected chi connectivity index (χ1v) is 13.0. The van der Waals surface area contributed by atoms with Gasteiger partial charge >= 0.3 is 10.1 Å². The second-order valence-corrected chi connectivity index (χ2v) is 9.63. The molecule has 2 aromatic carbocycles. The van der Waals surface area contributed by atoms with Crippen LogP contribution in [0.4, 0.5) is 10.1 Å². The minimum atomic E-state index is -3.80. The first kappa shape index (κ1) is 25.0. The zero-order valence-electron chi connectivity index (χ0n) is 19.3. The molecular weight excluding hydrogens is 447 g/mol. The summed E-state index contributed by atoms with van der Waals surface area (Å²) in [6, 6.07) is 11.1. The highest BCUT2D eigenvalue weighted by molar-refractivity contribution is 7.86. The van der Waals surface area contributed by atoms with Crippen molar-refractivity contribution in [1.29, 1.82) is 0 Å². The standard InChI is InChI=1S/C24H31FN2O5S/c1-4-26(5-2)19-13-12-18(23(15-19)32-33(3,29)30)16-27(17-20-9-8-14-31-20)24(28)21-10-6-7-11-22(21)25/h6-7,10-13,15,20H,4-5,8-9,14,16-17H2,1-3H3/t20-/m1/s1. The van der Waals surface area contributed by atoms with Gasteiger partial charge in [-0.2, -0.15) is 8.42 Å². The molecule has 1 fully saturated rings. The predicted molar refractivity (Wildman–Crippen MR) is 126 cm³/mol. The summed E-state index contributed by atoms with van der Waals surface area (Å²) in [5, 5.41) is 0. The number of carbonyl (C=O) groups excluding carboxylic acids is 1. The molecule has 9 heteroatoms. The average molecular weight is 479 g/mol. The number of nitrogens with zero attached hydrogens (tertiary/aromatic N) is 2. The molecule has 1 saturated heterocycles. The molecule has 0 N–H and O–H groups in total. The number of amides is 1. The number of hydrogen-bond acceptors (Lipinski definition) is 6. The maximum Gasteiger partial charge on any atom is 0.306 e. The van der Waals surface area contributed by atoms with Crippen LogP contribution in [-0.4, -0.2) is 57.8 Å². The third kappa shape index (κ3) is 6.68. The van der Waals surface area contributed by atoms with Crippen molar-refractivity contribution >= 4 is 21.7 Å². The van der Waals surface area contributed by atoms with Gasteiger partial charge in [-0.05, 0) is 44.9 Å². The van der Waals surface area contributed by atoms with Crippen molar-refractivity contribution < 1.29 is 26.5 Å². The molecule has 0 radical (unpaired) electrons. The Kier molecular flexibility index (Phi) is 8.31. The van der Waals surface area contributed by atoms with Gasteiger partial charge in [0.2, 0.25) is 0 Å². The number of benzene rings is 2. The number of halogens is 1. The summed E-state index contributed by atoms with van der Waals surface area (Å²) in [6.07, 6.45) is 2.52. The Bertz CT molecular complexity index is 1070. The lowest BCUT2D eigenvalue weighted by Gasteiger charge is -2.27. The number of ether oxygens (including phenoxy) is 1. The van der Waals surface area contributed by atoms with Crippen molar-refractivity contribution in [3.05, 3.63) is 59.4 Å². The summed E-state index contributed by atoms with van der Waals surface area (Å²) in [6.45, 7) is 6.43. The molecule has 0 spiro atoms. The third-order valence-electron chi connectivity index (χ3n) is 5.62. The number of hydrogen-bond donors (Lipinski definition) is 0. The highest BCUT2D eigenvalue weighted by Crippen LogP contribution is 2.29. The van der Waals surface area contributed by atoms with E-state index in [0.29, 0.717) is 12.2 Å². The topological polar surface area (TPSA) is 76.2 Å². The molecular formula is C24H31FN2O5S. The number of carbonyl (C=O) groups is 1. The second kappa shape index (κ2) is 11.0. The van der Waals surface area contributed by atoms with E-state index in [1.54, 1.807) is 18.2 Å². The van der Waals surface area contributed by atoms with Gasteiger partial charge in [-0.1, -0.05) is 18.2 Å². The lowest BCUT2D eigenvalue weighted by molar-refractivity contribution is 0.0503. The quantitative estimate of drug-likeness (QED) is 0.483. The van der Waals surface area contributed by atoms with Crippen LogP contribution < -0.4 is 9.08 Å². The van der Waals surface area contributed by atoms with Gasteiger partial charge in [0.25, 0.3) is 5.91 Å². The summed E-state index contributed by atoms with van der Waals surface area (Å²) in [5.74, 6) is -0.938. The van der Waals surface area contributed by atoms with Gasteiger partial charge in [-0.25, -0.2) is 4.39 Å². The van der Waals surface area contributed by atoms with E-state index in [4.69, 9.17) is 8.92 Å². The van der Waals surface area contributed by atoms with E-state index in [0.717, 1.165) is 37.9 Å². The minimum Gasteiger partial charge on any atom is -0.382 e. The van der Waals surface area contributed by atoms with E-state index in [9.17, 15) is 17.6 Å². The largest absolute Gasteiger partial charge is 0.382 e. The van der Waals surface area contributed by atoms with E-state index in [1.165, 1.54) is 23.1 Å². The van der Waals surface area contributed by atoms with Gasteiger partial charge in [0.05, 0.1) is 17.9 Å². The first-order chi connectivity index (χ1) is 15.7. The molecule has 1 heterocycles. The van der Waals surface area contributed by atoms with Crippen LogP contribution in [0.2, 0.25) is 0 Å². The summed E-state index contributed by atoms with van der Waals surface area (Å²) < 4.78 is 49.3. The van der Waals surface area contributed by atoms with E-state index in [-0.39, 0.29) is 30.5 Å². The van der Waals surface area contributed by atoms with Gasteiger partial charge in [0, 0.05) is 50.1 Å². The summed E-state index contributed by atoms with van der Waals surface area (Å²) in [4.78, 5) is 16.8. The van der Waals surface area contributed by atoms with Gasteiger partial charge in [0.1, 0.15) is 11.6 Å². The number of rotatable bonds is 10. The molecule has 3 rings (SSSR count). The van der Waals surface area contributed by atoms with Crippen LogP contribution in [-0.2, 0) is 21.4 Å². The van der Waals surface area contributed by atoms with Crippen molar-refractivity contribution in [1.82, 2.24) is 4.90 Å². The highest BCUT2D eigenvalue weighted by atomic mass is 32.2. The van der Waals surface area contributed by atoms with Crippen molar-refractivity contribution in [2.24, 2.45) is 0 Å². The van der Waals surface area contributed by atoms with Crippen LogP contribution in [0.15, 0.2) is 42.5 Å². The zero-order chi connectivity index (χ0) is 24.0. The summed E-state index contributed by atoms with van der Waals surface area (Å²) >= 11 is 0. The lowest BCUT2D eigenvalue weighted by Crippen LogP contribution is -2.37. The van der Waals surface area contributed by atoms with E-state index < -0.39 is 21.8 Å². The fraction of sp³-hybridized carbons (Fsp3) is 0.458. The highest BCUT2D eigenvalue weighted by Gasteiger charge is 2.26. The van der Waals surface area contributed by atoms with Gasteiger partial charge in [-0.3, -0.25) is 4.79 Å². The summed E-state index contributed by atoms with van der Waals surface area (Å²) in [5.41, 5.74) is 1.29. The molecule has 0 bridgehead atoms. The maximum absolute atomic E-state index is 14.4. The molecule has 0 unspecified atom stereocenters. The zero-order valence-corrected chi connectivity index (χ0v) is 20.1. The molecule has 7 nitrogen and oxygen atoms in total. The van der Waals surface area contributed by atoms with Crippen LogP contribution >= 0.6 is 0 Å². The molecule has 1 aliphatic heterocycles. The monoisotopic (exact) mass is 478 g/mol. The van der Waals surface area contributed by atoms with Crippen LogP contribution in [0.1, 0.15) is 42.6 Å². The third-order valence-corrected chi connectivity index (χ3v) is 6.10. The van der Waals surface area contributed by atoms with Crippen LogP contribution in [0.3, 0.4) is 0 Å². The molecule has 1 amide bonds. The van der Waals surface area contributed by atoms with Gasteiger partial charge in [-0.15, -0.1) is 0 Å². The maximum atomic E-state index is 14.4. The minimum absolute atomic E-state index is 0.0409. The lowest BCUT2D eigenvalue weighted by atomic mass is 10.1. The molecule has 2 aromatic rings. The molecule has 0 saturated carbocycles. The molecule has 1 aliphatic rings. The van der Waals surface area contributed by atoms with Gasteiger partial charge < -0.3 is 18.7 Å². The normalized spacial score (nSPS) is 15.9. The van der Waals surface area contributed by atoms with Crippen molar-refractivity contribution in [3.8, 4) is 5.75 Å². The smallest absolute Gasteiger partial charge is 0.306 e. The Labute approximate surface area is 195 Å². The molecule has 0 aromatic heterocycles. The van der Waals surface area contributed by atoms with Crippen molar-refractivity contribution in [3.63, 3.8) is 0 Å². The molecule has 33 heavy (non-hydrogen) atoms. The Balaban J connectivity index is 1.97. The fourth-order valence-corrected chi connectivity index (χ4v) is 4.45. The molecule has 0 aliphatic carbocycles. The predicted octanol–water partition coefficient (Wildman–Crippen LogP) is 3.83. The first-order valence-electron chi connectivity index (χ1n) is 11.1. The van der Waals surface area contributed by atoms with Crippen molar-refractivity contribution in [2.45, 2.75) is 39.3 Å².